The molecule has 1 saturated heterocycles. The molecule has 2 aromatic rings. The minimum atomic E-state index is -1.52. The van der Waals surface area contributed by atoms with Gasteiger partial charge >= 0.3 is 0 Å². The van der Waals surface area contributed by atoms with Gasteiger partial charge < -0.3 is 15.2 Å². The number of hydrogen-bond acceptors (Lipinski definition) is 6. The van der Waals surface area contributed by atoms with Crippen LogP contribution in [0.5, 0.6) is 0 Å². The molecule has 1 fully saturated rings. The summed E-state index contributed by atoms with van der Waals surface area (Å²) in [6.45, 7) is 7.38. The van der Waals surface area contributed by atoms with Crippen LogP contribution in [-0.2, 0) is 4.74 Å². The first kappa shape index (κ1) is 16.6. The summed E-state index contributed by atoms with van der Waals surface area (Å²) in [6.07, 6.45) is -2.70. The first-order valence-electron chi connectivity index (χ1n) is 7.39. The number of alkyl halides is 1. The molecule has 0 amide bonds. The number of nitrogens with one attached hydrogen (secondary N) is 1. The summed E-state index contributed by atoms with van der Waals surface area (Å²) in [4.78, 5) is 12.7. The smallest absolute Gasteiger partial charge is 0.173 e. The average Bonchev–Trinajstić information content (AvgIpc) is 3.05. The highest BCUT2D eigenvalue weighted by Gasteiger charge is 2.43. The zero-order valence-corrected chi connectivity index (χ0v) is 13.4. The molecule has 8 heteroatoms. The maximum Gasteiger partial charge on any atom is 0.173 e. The van der Waals surface area contributed by atoms with E-state index in [2.05, 4.69) is 20.3 Å². The van der Waals surface area contributed by atoms with Gasteiger partial charge in [-0.3, -0.25) is 4.57 Å². The van der Waals surface area contributed by atoms with E-state index in [1.807, 2.05) is 13.8 Å². The fourth-order valence-electron chi connectivity index (χ4n) is 2.41. The number of fused-ring (bicyclic) bond motifs is 1. The van der Waals surface area contributed by atoms with E-state index >= 15 is 0 Å². The fourth-order valence-corrected chi connectivity index (χ4v) is 2.41. The molecular formula is C14H22FN5O2. The molecule has 1 aliphatic rings. The van der Waals surface area contributed by atoms with Gasteiger partial charge in [0.15, 0.2) is 29.4 Å². The highest BCUT2D eigenvalue weighted by atomic mass is 19.1. The Morgan fingerprint density at radius 3 is 2.59 bits per heavy atom. The molecule has 1 aliphatic heterocycles. The summed E-state index contributed by atoms with van der Waals surface area (Å²) in [5.74, 6) is 1.12. The molecular weight excluding hydrogens is 289 g/mol. The van der Waals surface area contributed by atoms with Crippen molar-refractivity contribution in [2.24, 2.45) is 0 Å². The van der Waals surface area contributed by atoms with Crippen molar-refractivity contribution in [3.05, 3.63) is 12.2 Å². The number of hydrogen-bond donors (Lipinski definition) is 2. The van der Waals surface area contributed by atoms with E-state index in [4.69, 9.17) is 4.74 Å². The van der Waals surface area contributed by atoms with Crippen molar-refractivity contribution in [1.29, 1.82) is 0 Å². The Labute approximate surface area is 128 Å². The SMILES string of the molecule is CC.CNc1nc(C)nc2c1ncn2C1OC(C)[C@@H](O)C1F. The Bertz CT molecular complexity index is 647. The lowest BCUT2D eigenvalue weighted by molar-refractivity contribution is -0.0137. The maximum absolute atomic E-state index is 14.1. The maximum atomic E-state index is 14.1. The topological polar surface area (TPSA) is 85.1 Å². The number of aryl methyl sites for hydroxylation is 1. The van der Waals surface area contributed by atoms with Crippen LogP contribution in [0.2, 0.25) is 0 Å². The monoisotopic (exact) mass is 311 g/mol. The summed E-state index contributed by atoms with van der Waals surface area (Å²) in [7, 11) is 1.73. The number of aromatic nitrogens is 4. The molecule has 2 aromatic heterocycles. The molecule has 0 radical (unpaired) electrons. The van der Waals surface area contributed by atoms with Crippen LogP contribution in [0.4, 0.5) is 10.2 Å². The Morgan fingerprint density at radius 2 is 2.05 bits per heavy atom. The number of nitrogens with zero attached hydrogens (tertiary/aromatic N) is 4. The van der Waals surface area contributed by atoms with E-state index < -0.39 is 24.6 Å². The molecule has 3 unspecified atom stereocenters. The third kappa shape index (κ3) is 2.64. The first-order valence-corrected chi connectivity index (χ1v) is 7.39. The molecule has 3 rings (SSSR count). The van der Waals surface area contributed by atoms with Crippen molar-refractivity contribution in [3.8, 4) is 0 Å². The number of aliphatic hydroxyl groups is 1. The lowest BCUT2D eigenvalue weighted by Crippen LogP contribution is -2.26. The van der Waals surface area contributed by atoms with Crippen molar-refractivity contribution in [3.63, 3.8) is 0 Å². The fraction of sp³-hybridized carbons (Fsp3) is 0.643. The van der Waals surface area contributed by atoms with Crippen molar-refractivity contribution >= 4 is 17.0 Å². The first-order chi connectivity index (χ1) is 10.5. The Balaban J connectivity index is 0.000000847. The van der Waals surface area contributed by atoms with E-state index in [0.29, 0.717) is 22.8 Å². The van der Waals surface area contributed by atoms with Gasteiger partial charge in [0.25, 0.3) is 0 Å². The van der Waals surface area contributed by atoms with Gasteiger partial charge in [-0.1, -0.05) is 13.8 Å². The van der Waals surface area contributed by atoms with Crippen LogP contribution in [0.3, 0.4) is 0 Å². The van der Waals surface area contributed by atoms with Gasteiger partial charge in [0.1, 0.15) is 11.9 Å². The van der Waals surface area contributed by atoms with Crippen LogP contribution in [0, 0.1) is 6.92 Å². The van der Waals surface area contributed by atoms with E-state index in [9.17, 15) is 9.50 Å². The molecule has 4 atom stereocenters. The highest BCUT2D eigenvalue weighted by molar-refractivity contribution is 5.82. The van der Waals surface area contributed by atoms with Gasteiger partial charge in [0.05, 0.1) is 12.4 Å². The lowest BCUT2D eigenvalue weighted by Gasteiger charge is -2.15. The number of imidazole rings is 1. The van der Waals surface area contributed by atoms with Crippen LogP contribution in [0.15, 0.2) is 6.33 Å². The zero-order chi connectivity index (χ0) is 16.4. The summed E-state index contributed by atoms with van der Waals surface area (Å²) >= 11 is 0. The molecule has 2 N–H and O–H groups in total. The van der Waals surface area contributed by atoms with Crippen LogP contribution in [0.25, 0.3) is 11.2 Å². The van der Waals surface area contributed by atoms with Crippen LogP contribution >= 0.6 is 0 Å². The van der Waals surface area contributed by atoms with E-state index in [1.165, 1.54) is 10.9 Å². The van der Waals surface area contributed by atoms with Crippen LogP contribution in [-0.4, -0.2) is 50.1 Å². The standard InChI is InChI=1S/C12H16FN5O2.C2H6/c1-5-9(19)7(13)12(20-5)18-4-15-8-10(14-3)16-6(2)17-11(8)18;1-2/h4-5,7,9,12,19H,1-3H3,(H,14,16,17);1-2H3/t5?,7?,9-,12?;/m1./s1. The minimum absolute atomic E-state index is 0.482. The Hall–Kier alpha value is -1.80. The summed E-state index contributed by atoms with van der Waals surface area (Å²) in [6, 6.07) is 0. The molecule has 0 aliphatic carbocycles. The van der Waals surface area contributed by atoms with Gasteiger partial charge in [0.2, 0.25) is 0 Å². The molecule has 0 aromatic carbocycles. The van der Waals surface area contributed by atoms with Gasteiger partial charge in [-0.05, 0) is 13.8 Å². The molecule has 0 spiro atoms. The molecule has 0 saturated carbocycles. The summed E-state index contributed by atoms with van der Waals surface area (Å²) in [5.41, 5.74) is 1.03. The number of aliphatic hydroxyl groups excluding tert-OH is 1. The number of ether oxygens (including phenoxy) is 1. The normalized spacial score (nSPS) is 27.6. The van der Waals surface area contributed by atoms with E-state index in [-0.39, 0.29) is 0 Å². The molecule has 7 nitrogen and oxygen atoms in total. The van der Waals surface area contributed by atoms with Crippen molar-refractivity contribution in [2.45, 2.75) is 52.3 Å². The predicted octanol–water partition coefficient (Wildman–Crippen LogP) is 1.82. The van der Waals surface area contributed by atoms with Crippen LogP contribution < -0.4 is 5.32 Å². The highest BCUT2D eigenvalue weighted by Crippen LogP contribution is 2.34. The molecule has 0 bridgehead atoms. The van der Waals surface area contributed by atoms with Crippen LogP contribution in [0.1, 0.15) is 32.8 Å². The minimum Gasteiger partial charge on any atom is -0.387 e. The summed E-state index contributed by atoms with van der Waals surface area (Å²) < 4.78 is 21.1. The van der Waals surface area contributed by atoms with Crippen molar-refractivity contribution in [1.82, 2.24) is 19.5 Å². The van der Waals surface area contributed by atoms with Crippen molar-refractivity contribution in [2.75, 3.05) is 12.4 Å². The average molecular weight is 311 g/mol. The lowest BCUT2D eigenvalue weighted by atomic mass is 10.2. The molecule has 3 heterocycles. The molecule has 22 heavy (non-hydrogen) atoms. The molecule has 122 valence electrons. The van der Waals surface area contributed by atoms with E-state index in [0.717, 1.165) is 0 Å². The second kappa shape index (κ2) is 6.53. The predicted molar refractivity (Wildman–Crippen MR) is 81.4 cm³/mol. The second-order valence-corrected chi connectivity index (χ2v) is 4.86. The van der Waals surface area contributed by atoms with Crippen molar-refractivity contribution < 1.29 is 14.2 Å². The van der Waals surface area contributed by atoms with Gasteiger partial charge in [0, 0.05) is 7.05 Å². The number of anilines is 1. The second-order valence-electron chi connectivity index (χ2n) is 4.86. The summed E-state index contributed by atoms with van der Waals surface area (Å²) in [5, 5.41) is 12.6. The third-order valence-corrected chi connectivity index (χ3v) is 3.48. The quantitative estimate of drug-likeness (QED) is 0.880. The Kier molecular flexibility index (Phi) is 4.92. The Morgan fingerprint density at radius 1 is 1.36 bits per heavy atom. The third-order valence-electron chi connectivity index (χ3n) is 3.48. The van der Waals surface area contributed by atoms with Gasteiger partial charge in [-0.25, -0.2) is 19.3 Å². The van der Waals surface area contributed by atoms with E-state index in [1.54, 1.807) is 20.9 Å². The van der Waals surface area contributed by atoms with Gasteiger partial charge in [-0.2, -0.15) is 0 Å². The number of halogens is 1. The number of rotatable bonds is 2. The van der Waals surface area contributed by atoms with Gasteiger partial charge in [-0.15, -0.1) is 0 Å². The largest absolute Gasteiger partial charge is 0.387 e. The zero-order valence-electron chi connectivity index (χ0n) is 13.4.